The van der Waals surface area contributed by atoms with Crippen LogP contribution in [0.1, 0.15) is 12.5 Å². The van der Waals surface area contributed by atoms with Crippen LogP contribution in [0.3, 0.4) is 0 Å². The first-order valence-electron chi connectivity index (χ1n) is 9.24. The molecule has 0 aliphatic carbocycles. The molecule has 0 radical (unpaired) electrons. The smallest absolute Gasteiger partial charge is 0.335 e. The zero-order valence-corrected chi connectivity index (χ0v) is 18.1. The van der Waals surface area contributed by atoms with Crippen molar-refractivity contribution in [3.8, 4) is 23.0 Å². The van der Waals surface area contributed by atoms with Crippen molar-refractivity contribution in [1.29, 1.82) is 0 Å². The predicted molar refractivity (Wildman–Crippen MR) is 113 cm³/mol. The van der Waals surface area contributed by atoms with Crippen molar-refractivity contribution in [3.63, 3.8) is 0 Å². The molecule has 0 atom stereocenters. The molecule has 0 bridgehead atoms. The number of hydrogen-bond acceptors (Lipinski definition) is 7. The summed E-state index contributed by atoms with van der Waals surface area (Å²) in [5.41, 5.74) is 0.539. The van der Waals surface area contributed by atoms with E-state index < -0.39 is 17.8 Å². The van der Waals surface area contributed by atoms with E-state index in [1.165, 1.54) is 25.3 Å². The number of barbiturate groups is 1. The summed E-state index contributed by atoms with van der Waals surface area (Å²) in [5, 5.41) is 2.19. The fourth-order valence-corrected chi connectivity index (χ4v) is 3.76. The van der Waals surface area contributed by atoms with Crippen LogP contribution in [0.4, 0.5) is 10.5 Å². The van der Waals surface area contributed by atoms with Crippen molar-refractivity contribution in [2.45, 2.75) is 6.92 Å². The maximum atomic E-state index is 13.1. The van der Waals surface area contributed by atoms with E-state index in [0.29, 0.717) is 39.6 Å². The summed E-state index contributed by atoms with van der Waals surface area (Å²) in [4.78, 5) is 38.8. The van der Waals surface area contributed by atoms with E-state index in [0.717, 1.165) is 4.90 Å². The summed E-state index contributed by atoms with van der Waals surface area (Å²) < 4.78 is 22.1. The molecule has 0 saturated carbocycles. The number of methoxy groups -OCH3 is 1. The number of rotatable bonds is 5. The highest BCUT2D eigenvalue weighted by Crippen LogP contribution is 2.38. The van der Waals surface area contributed by atoms with Gasteiger partial charge in [0.15, 0.2) is 23.0 Å². The number of ether oxygens (including phenoxy) is 4. The molecule has 0 aromatic heterocycles. The van der Waals surface area contributed by atoms with Crippen molar-refractivity contribution in [2.75, 3.05) is 25.4 Å². The van der Waals surface area contributed by atoms with Crippen LogP contribution in [0, 0.1) is 0 Å². The maximum absolute atomic E-state index is 13.1. The monoisotopic (exact) mass is 488 g/mol. The molecule has 9 nitrogen and oxygen atoms in total. The van der Waals surface area contributed by atoms with Crippen LogP contribution in [0.15, 0.2) is 40.4 Å². The topological polar surface area (TPSA) is 103 Å². The van der Waals surface area contributed by atoms with Gasteiger partial charge in [-0.3, -0.25) is 14.9 Å². The third kappa shape index (κ3) is 3.81. The van der Waals surface area contributed by atoms with E-state index in [-0.39, 0.29) is 18.1 Å². The zero-order chi connectivity index (χ0) is 22.1. The van der Waals surface area contributed by atoms with Gasteiger partial charge in [-0.1, -0.05) is 0 Å². The Balaban J connectivity index is 1.72. The number of nitrogens with zero attached hydrogens (tertiary/aromatic N) is 1. The van der Waals surface area contributed by atoms with Crippen molar-refractivity contribution in [3.05, 3.63) is 45.9 Å². The van der Waals surface area contributed by atoms with Crippen LogP contribution in [-0.4, -0.2) is 38.4 Å². The highest BCUT2D eigenvalue weighted by Gasteiger charge is 2.37. The van der Waals surface area contributed by atoms with Crippen molar-refractivity contribution < 1.29 is 33.3 Å². The number of carbonyl (C=O) groups is 3. The van der Waals surface area contributed by atoms with E-state index in [9.17, 15) is 14.4 Å². The molecule has 4 rings (SSSR count). The Labute approximate surface area is 185 Å². The lowest BCUT2D eigenvalue weighted by Gasteiger charge is -2.26. The molecule has 2 aromatic carbocycles. The minimum absolute atomic E-state index is 0.0526. The lowest BCUT2D eigenvalue weighted by Crippen LogP contribution is -2.54. The zero-order valence-electron chi connectivity index (χ0n) is 16.6. The minimum atomic E-state index is -0.850. The predicted octanol–water partition coefficient (Wildman–Crippen LogP) is 3.25. The molecule has 0 spiro atoms. The molecule has 2 aliphatic heterocycles. The fraction of sp³-hybridized carbons (Fsp3) is 0.190. The third-order valence-corrected chi connectivity index (χ3v) is 5.16. The van der Waals surface area contributed by atoms with Crippen LogP contribution < -0.4 is 29.2 Å². The van der Waals surface area contributed by atoms with Gasteiger partial charge in [0, 0.05) is 6.07 Å². The maximum Gasteiger partial charge on any atom is 0.335 e. The number of fused-ring (bicyclic) bond motifs is 1. The van der Waals surface area contributed by atoms with Gasteiger partial charge in [-0.05, 0) is 58.8 Å². The minimum Gasteiger partial charge on any atom is -0.493 e. The van der Waals surface area contributed by atoms with Crippen LogP contribution in [0.5, 0.6) is 23.0 Å². The Hall–Kier alpha value is -3.53. The van der Waals surface area contributed by atoms with Gasteiger partial charge in [-0.25, -0.2) is 9.69 Å². The normalized spacial score (nSPS) is 16.5. The van der Waals surface area contributed by atoms with Crippen molar-refractivity contribution >= 4 is 45.5 Å². The molecular weight excluding hydrogens is 472 g/mol. The Bertz CT molecular complexity index is 1130. The molecule has 10 heteroatoms. The molecule has 1 N–H and O–H groups in total. The van der Waals surface area contributed by atoms with E-state index >= 15 is 0 Å². The Morgan fingerprint density at radius 3 is 2.68 bits per heavy atom. The van der Waals surface area contributed by atoms with Crippen molar-refractivity contribution in [1.82, 2.24) is 5.32 Å². The summed E-state index contributed by atoms with van der Waals surface area (Å²) in [5.74, 6) is 0.277. The number of urea groups is 1. The summed E-state index contributed by atoms with van der Waals surface area (Å²) >= 11 is 3.41. The molecule has 1 fully saturated rings. The molecule has 4 amide bonds. The molecule has 31 heavy (non-hydrogen) atoms. The number of nitrogens with one attached hydrogen (secondary N) is 1. The average molecular weight is 489 g/mol. The van der Waals surface area contributed by atoms with Crippen LogP contribution in [0.2, 0.25) is 0 Å². The second-order valence-electron chi connectivity index (χ2n) is 6.46. The SMILES string of the molecule is CCOc1c(Br)cc(/C=C2\C(=O)NC(=O)N(c3ccc4c(c3)OCO4)C2=O)cc1OC. The quantitative estimate of drug-likeness (QED) is 0.508. The van der Waals surface area contributed by atoms with E-state index in [1.807, 2.05) is 6.92 Å². The lowest BCUT2D eigenvalue weighted by atomic mass is 10.1. The van der Waals surface area contributed by atoms with Gasteiger partial charge in [-0.2, -0.15) is 0 Å². The number of amides is 4. The Morgan fingerprint density at radius 1 is 1.16 bits per heavy atom. The average Bonchev–Trinajstić information content (AvgIpc) is 3.20. The first kappa shape index (κ1) is 20.7. The summed E-state index contributed by atoms with van der Waals surface area (Å²) in [6.07, 6.45) is 1.38. The Morgan fingerprint density at radius 2 is 1.94 bits per heavy atom. The second-order valence-corrected chi connectivity index (χ2v) is 7.32. The highest BCUT2D eigenvalue weighted by atomic mass is 79.9. The van der Waals surface area contributed by atoms with Crippen LogP contribution >= 0.6 is 15.9 Å². The van der Waals surface area contributed by atoms with Gasteiger partial charge in [0.05, 0.1) is 23.9 Å². The number of anilines is 1. The lowest BCUT2D eigenvalue weighted by molar-refractivity contribution is -0.122. The third-order valence-electron chi connectivity index (χ3n) is 4.57. The molecular formula is C21H17BrN2O7. The number of imide groups is 2. The number of hydrogen-bond donors (Lipinski definition) is 1. The van der Waals surface area contributed by atoms with E-state index in [4.69, 9.17) is 18.9 Å². The van der Waals surface area contributed by atoms with Gasteiger partial charge >= 0.3 is 6.03 Å². The van der Waals surface area contributed by atoms with Gasteiger partial charge < -0.3 is 18.9 Å². The standard InChI is InChI=1S/C21H17BrN2O7/c1-3-29-18-14(22)7-11(8-17(18)28-2)6-13-19(25)23-21(27)24(20(13)26)12-4-5-15-16(9-12)31-10-30-15/h4-9H,3,10H2,1-2H3,(H,23,25,27)/b13-6+. The van der Waals surface area contributed by atoms with Crippen LogP contribution in [0.25, 0.3) is 6.08 Å². The first-order valence-corrected chi connectivity index (χ1v) is 10.0. The fourth-order valence-electron chi connectivity index (χ4n) is 3.19. The van der Waals surface area contributed by atoms with Gasteiger partial charge in [-0.15, -0.1) is 0 Å². The van der Waals surface area contributed by atoms with E-state index in [2.05, 4.69) is 21.2 Å². The number of benzene rings is 2. The van der Waals surface area contributed by atoms with E-state index in [1.54, 1.807) is 18.2 Å². The van der Waals surface area contributed by atoms with Crippen molar-refractivity contribution in [2.24, 2.45) is 0 Å². The molecule has 2 aromatic rings. The Kier molecular flexibility index (Phi) is 5.55. The molecule has 1 saturated heterocycles. The molecule has 0 unspecified atom stereocenters. The largest absolute Gasteiger partial charge is 0.493 e. The highest BCUT2D eigenvalue weighted by molar-refractivity contribution is 9.10. The first-order chi connectivity index (χ1) is 14.9. The number of halogens is 1. The van der Waals surface area contributed by atoms with Gasteiger partial charge in [0.2, 0.25) is 6.79 Å². The second kappa shape index (κ2) is 8.31. The molecule has 160 valence electrons. The summed E-state index contributed by atoms with van der Waals surface area (Å²) in [7, 11) is 1.49. The van der Waals surface area contributed by atoms with Crippen LogP contribution in [-0.2, 0) is 9.59 Å². The van der Waals surface area contributed by atoms with Gasteiger partial charge in [0.25, 0.3) is 11.8 Å². The molecule has 2 heterocycles. The molecule has 2 aliphatic rings. The van der Waals surface area contributed by atoms with Gasteiger partial charge in [0.1, 0.15) is 5.57 Å². The number of carbonyl (C=O) groups excluding carboxylic acids is 3. The summed E-state index contributed by atoms with van der Waals surface area (Å²) in [6.45, 7) is 2.33. The summed E-state index contributed by atoms with van der Waals surface area (Å²) in [6, 6.07) is 7.09.